The largest absolute Gasteiger partial charge is 0.476 e. The fourth-order valence-electron chi connectivity index (χ4n) is 2.44. The first kappa shape index (κ1) is 22.0. The van der Waals surface area contributed by atoms with Crippen LogP contribution in [0.2, 0.25) is 0 Å². The quantitative estimate of drug-likeness (QED) is 0.177. The number of ether oxygens (including phenoxy) is 1. The van der Waals surface area contributed by atoms with E-state index < -0.39 is 23.4 Å². The summed E-state index contributed by atoms with van der Waals surface area (Å²) < 4.78 is 5.55. The van der Waals surface area contributed by atoms with Crippen LogP contribution in [0.1, 0.15) is 22.3 Å². The Balaban J connectivity index is 2.37. The smallest absolute Gasteiger partial charge is 0.378 e. The Hall–Kier alpha value is -3.33. The molecule has 4 N–H and O–H groups in total. The summed E-state index contributed by atoms with van der Waals surface area (Å²) in [4.78, 5) is 37.7. The van der Waals surface area contributed by atoms with Gasteiger partial charge in [-0.25, -0.2) is 4.79 Å². The molecule has 2 aromatic rings. The average molecular weight is 415 g/mol. The van der Waals surface area contributed by atoms with Gasteiger partial charge in [0.25, 0.3) is 5.91 Å². The van der Waals surface area contributed by atoms with E-state index in [2.05, 4.69) is 10.4 Å². The SMILES string of the molecule is CSCCC(=O)C(NC(=O)c1ccc(C=NN)cc1)(Oc1ccccc1)C(=O)O. The predicted octanol–water partition coefficient (Wildman–Crippen LogP) is 1.89. The Bertz CT molecular complexity index is 887. The summed E-state index contributed by atoms with van der Waals surface area (Å²) in [6.45, 7) is 0. The molecular weight excluding hydrogens is 394 g/mol. The average Bonchev–Trinajstić information content (AvgIpc) is 2.72. The number of hydrogen-bond acceptors (Lipinski definition) is 7. The van der Waals surface area contributed by atoms with Crippen molar-refractivity contribution in [3.8, 4) is 5.75 Å². The Morgan fingerprint density at radius 1 is 1.17 bits per heavy atom. The summed E-state index contributed by atoms with van der Waals surface area (Å²) in [6, 6.07) is 14.1. The summed E-state index contributed by atoms with van der Waals surface area (Å²) in [6.07, 6.45) is 3.10. The molecule has 9 heteroatoms. The second-order valence-corrected chi connectivity index (χ2v) is 6.91. The fourth-order valence-corrected chi connectivity index (χ4v) is 2.83. The molecule has 0 spiro atoms. The van der Waals surface area contributed by atoms with Gasteiger partial charge in [-0.3, -0.25) is 14.9 Å². The molecule has 1 amide bonds. The van der Waals surface area contributed by atoms with Crippen LogP contribution < -0.4 is 15.9 Å². The molecule has 0 aliphatic carbocycles. The maximum absolute atomic E-state index is 12.8. The van der Waals surface area contributed by atoms with Gasteiger partial charge in [0.05, 0.1) is 6.21 Å². The summed E-state index contributed by atoms with van der Waals surface area (Å²) in [5.41, 5.74) is -1.74. The van der Waals surface area contributed by atoms with Crippen LogP contribution in [0.15, 0.2) is 59.7 Å². The highest BCUT2D eigenvalue weighted by atomic mass is 32.2. The Kier molecular flexibility index (Phi) is 7.79. The molecule has 0 saturated carbocycles. The van der Waals surface area contributed by atoms with Crippen molar-refractivity contribution >= 4 is 35.6 Å². The van der Waals surface area contributed by atoms with E-state index in [4.69, 9.17) is 10.6 Å². The number of thioether (sulfide) groups is 1. The summed E-state index contributed by atoms with van der Waals surface area (Å²) in [5.74, 6) is 2.48. The molecule has 152 valence electrons. The zero-order valence-electron chi connectivity index (χ0n) is 15.7. The number of amides is 1. The van der Waals surface area contributed by atoms with E-state index in [-0.39, 0.29) is 17.7 Å². The van der Waals surface area contributed by atoms with Crippen LogP contribution >= 0.6 is 11.8 Å². The minimum atomic E-state index is -2.55. The van der Waals surface area contributed by atoms with E-state index in [0.717, 1.165) is 0 Å². The summed E-state index contributed by atoms with van der Waals surface area (Å²) in [7, 11) is 0. The van der Waals surface area contributed by atoms with E-state index in [1.54, 1.807) is 36.6 Å². The molecule has 0 aliphatic rings. The van der Waals surface area contributed by atoms with Crippen LogP contribution in [0.3, 0.4) is 0 Å². The van der Waals surface area contributed by atoms with Crippen molar-refractivity contribution in [1.29, 1.82) is 0 Å². The second kappa shape index (κ2) is 10.3. The van der Waals surface area contributed by atoms with Gasteiger partial charge in [0.15, 0.2) is 0 Å². The summed E-state index contributed by atoms with van der Waals surface area (Å²) >= 11 is 1.38. The number of carbonyl (C=O) groups excluding carboxylic acids is 2. The third kappa shape index (κ3) is 5.58. The molecule has 0 bridgehead atoms. The topological polar surface area (TPSA) is 131 Å². The number of nitrogens with two attached hydrogens (primary N) is 1. The van der Waals surface area contributed by atoms with Crippen molar-refractivity contribution in [2.75, 3.05) is 12.0 Å². The van der Waals surface area contributed by atoms with Gasteiger partial charge in [0.1, 0.15) is 5.75 Å². The first-order valence-corrected chi connectivity index (χ1v) is 9.98. The zero-order chi connectivity index (χ0) is 21.3. The third-order valence-corrected chi connectivity index (χ3v) is 4.54. The number of para-hydroxylation sites is 1. The number of hydrogen-bond donors (Lipinski definition) is 3. The molecule has 1 atom stereocenters. The molecule has 8 nitrogen and oxygen atoms in total. The standard InChI is InChI=1S/C20H21N3O5S/c1-29-12-11-17(24)20(19(26)27,28-16-5-3-2-4-6-16)23-18(25)15-9-7-14(8-10-15)13-22-21/h2-10,13H,11-12,21H2,1H3,(H,23,25)(H,26,27). The molecule has 0 aliphatic heterocycles. The second-order valence-electron chi connectivity index (χ2n) is 5.92. The maximum Gasteiger partial charge on any atom is 0.378 e. The molecule has 0 radical (unpaired) electrons. The molecule has 2 aromatic carbocycles. The Labute approximate surface area is 172 Å². The molecule has 0 fully saturated rings. The number of nitrogens with one attached hydrogen (secondary N) is 1. The number of nitrogens with zero attached hydrogens (tertiary/aromatic N) is 1. The number of Topliss-reactive ketones (excluding diaryl/α,β-unsaturated/α-hetero) is 1. The minimum absolute atomic E-state index is 0.0908. The van der Waals surface area contributed by atoms with Crippen LogP contribution in [0.25, 0.3) is 0 Å². The maximum atomic E-state index is 12.8. The van der Waals surface area contributed by atoms with Gasteiger partial charge < -0.3 is 15.7 Å². The van der Waals surface area contributed by atoms with Crippen LogP contribution in [-0.2, 0) is 9.59 Å². The number of benzene rings is 2. The molecular formula is C20H21N3O5S. The van der Waals surface area contributed by atoms with Gasteiger partial charge in [-0.15, -0.1) is 0 Å². The van der Waals surface area contributed by atoms with Crippen LogP contribution in [0.5, 0.6) is 5.75 Å². The fraction of sp³-hybridized carbons (Fsp3) is 0.200. The number of carboxylic acids is 1. The van der Waals surface area contributed by atoms with E-state index in [0.29, 0.717) is 11.3 Å². The van der Waals surface area contributed by atoms with Gasteiger partial charge in [-0.05, 0) is 36.1 Å². The summed E-state index contributed by atoms with van der Waals surface area (Å²) in [5, 5.41) is 15.5. The molecule has 0 aromatic heterocycles. The van der Waals surface area contributed by atoms with Gasteiger partial charge >= 0.3 is 11.7 Å². The number of aliphatic carboxylic acids is 1. The van der Waals surface area contributed by atoms with Crippen LogP contribution in [-0.4, -0.2) is 46.7 Å². The number of rotatable bonds is 10. The van der Waals surface area contributed by atoms with Gasteiger partial charge in [0, 0.05) is 17.7 Å². The first-order chi connectivity index (χ1) is 13.9. The Morgan fingerprint density at radius 3 is 2.38 bits per heavy atom. The van der Waals surface area contributed by atoms with Crippen molar-refractivity contribution in [2.24, 2.45) is 10.9 Å². The van der Waals surface area contributed by atoms with Crippen molar-refractivity contribution in [2.45, 2.75) is 12.1 Å². The van der Waals surface area contributed by atoms with Crippen LogP contribution in [0.4, 0.5) is 0 Å². The van der Waals surface area contributed by atoms with Crippen molar-refractivity contribution in [1.82, 2.24) is 5.32 Å². The number of hydrazone groups is 1. The lowest BCUT2D eigenvalue weighted by Gasteiger charge is -2.29. The third-order valence-electron chi connectivity index (χ3n) is 3.93. The molecule has 2 rings (SSSR count). The minimum Gasteiger partial charge on any atom is -0.476 e. The lowest BCUT2D eigenvalue weighted by Crippen LogP contribution is -2.64. The number of carbonyl (C=O) groups is 3. The van der Waals surface area contributed by atoms with Gasteiger partial charge in [0.2, 0.25) is 5.78 Å². The van der Waals surface area contributed by atoms with Gasteiger partial charge in [-0.2, -0.15) is 16.9 Å². The van der Waals surface area contributed by atoms with E-state index >= 15 is 0 Å². The Morgan fingerprint density at radius 2 is 1.83 bits per heavy atom. The lowest BCUT2D eigenvalue weighted by molar-refractivity contribution is -0.164. The highest BCUT2D eigenvalue weighted by molar-refractivity contribution is 7.98. The first-order valence-electron chi connectivity index (χ1n) is 8.58. The van der Waals surface area contributed by atoms with Crippen molar-refractivity contribution in [3.05, 3.63) is 65.7 Å². The van der Waals surface area contributed by atoms with Crippen molar-refractivity contribution < 1.29 is 24.2 Å². The van der Waals surface area contributed by atoms with Crippen molar-refractivity contribution in [3.63, 3.8) is 0 Å². The highest BCUT2D eigenvalue weighted by Crippen LogP contribution is 2.21. The zero-order valence-corrected chi connectivity index (χ0v) is 16.5. The monoisotopic (exact) mass is 415 g/mol. The number of ketones is 1. The van der Waals surface area contributed by atoms with E-state index in [1.807, 2.05) is 0 Å². The van der Waals surface area contributed by atoms with Gasteiger partial charge in [-0.1, -0.05) is 30.3 Å². The molecule has 0 heterocycles. The van der Waals surface area contributed by atoms with E-state index in [9.17, 15) is 19.5 Å². The lowest BCUT2D eigenvalue weighted by atomic mass is 10.0. The molecule has 0 saturated heterocycles. The van der Waals surface area contributed by atoms with E-state index in [1.165, 1.54) is 42.2 Å². The molecule has 29 heavy (non-hydrogen) atoms. The molecule has 1 unspecified atom stereocenters. The van der Waals surface area contributed by atoms with Crippen LogP contribution in [0, 0.1) is 0 Å². The normalized spacial score (nSPS) is 12.9. The number of carboxylic acid groups (broad SMARTS) is 1. The predicted molar refractivity (Wildman–Crippen MR) is 111 cm³/mol. The highest BCUT2D eigenvalue weighted by Gasteiger charge is 2.50.